The minimum Gasteiger partial charge on any atom is -0.463 e. The van der Waals surface area contributed by atoms with Gasteiger partial charge in [-0.25, -0.2) is 9.18 Å². The number of rotatable bonds is 4. The van der Waals surface area contributed by atoms with E-state index in [9.17, 15) is 18.8 Å². The zero-order chi connectivity index (χ0) is 18.2. The number of halogens is 1. The Hall–Kier alpha value is -2.44. The first-order valence-corrected chi connectivity index (χ1v) is 8.33. The van der Waals surface area contributed by atoms with E-state index in [0.29, 0.717) is 18.5 Å². The predicted octanol–water partition coefficient (Wildman–Crippen LogP) is 1.56. The summed E-state index contributed by atoms with van der Waals surface area (Å²) in [6, 6.07) is 3.61. The number of carbonyl (C=O) groups is 3. The molecule has 1 aromatic rings. The fraction of sp³-hybridized carbons (Fsp3) is 0.500. The van der Waals surface area contributed by atoms with E-state index < -0.39 is 17.4 Å². The van der Waals surface area contributed by atoms with Crippen LogP contribution in [-0.4, -0.2) is 37.0 Å². The first kappa shape index (κ1) is 17.4. The number of esters is 1. The molecule has 2 amide bonds. The molecule has 6 nitrogen and oxygen atoms in total. The van der Waals surface area contributed by atoms with Crippen molar-refractivity contribution in [3.05, 3.63) is 29.6 Å². The molecule has 3 rings (SSSR count). The summed E-state index contributed by atoms with van der Waals surface area (Å²) >= 11 is 0. The second-order valence-corrected chi connectivity index (χ2v) is 7.17. The Bertz CT molecular complexity index is 732. The van der Waals surface area contributed by atoms with E-state index in [2.05, 4.69) is 5.32 Å². The maximum Gasteiger partial charge on any atom is 0.329 e. The third-order valence-corrected chi connectivity index (χ3v) is 4.71. The quantitative estimate of drug-likeness (QED) is 0.838. The van der Waals surface area contributed by atoms with Crippen LogP contribution < -0.4 is 10.2 Å². The van der Waals surface area contributed by atoms with Crippen molar-refractivity contribution in [2.24, 2.45) is 5.41 Å². The highest BCUT2D eigenvalue weighted by atomic mass is 19.1. The number of nitrogens with zero attached hydrogens (tertiary/aromatic N) is 1. The summed E-state index contributed by atoms with van der Waals surface area (Å²) < 4.78 is 18.4. The van der Waals surface area contributed by atoms with Gasteiger partial charge in [0.1, 0.15) is 11.9 Å². The van der Waals surface area contributed by atoms with E-state index in [1.165, 1.54) is 17.0 Å². The van der Waals surface area contributed by atoms with Crippen molar-refractivity contribution in [3.63, 3.8) is 0 Å². The Morgan fingerprint density at radius 3 is 2.80 bits per heavy atom. The highest BCUT2D eigenvalue weighted by molar-refractivity contribution is 5.97. The molecule has 1 N–H and O–H groups in total. The van der Waals surface area contributed by atoms with Crippen molar-refractivity contribution in [2.45, 2.75) is 39.2 Å². The number of nitrogens with one attached hydrogen (secondary N) is 1. The zero-order valence-electron chi connectivity index (χ0n) is 14.3. The number of benzene rings is 1. The summed E-state index contributed by atoms with van der Waals surface area (Å²) in [5.74, 6) is -1.19. The Balaban J connectivity index is 1.64. The first-order valence-electron chi connectivity index (χ1n) is 8.33. The van der Waals surface area contributed by atoms with Gasteiger partial charge in [-0.3, -0.25) is 9.59 Å². The fourth-order valence-corrected chi connectivity index (χ4v) is 3.22. The van der Waals surface area contributed by atoms with Crippen molar-refractivity contribution in [3.8, 4) is 0 Å². The third-order valence-electron chi connectivity index (χ3n) is 4.71. The molecule has 1 atom stereocenters. The van der Waals surface area contributed by atoms with Gasteiger partial charge in [0.2, 0.25) is 11.8 Å². The van der Waals surface area contributed by atoms with E-state index in [-0.39, 0.29) is 37.2 Å². The largest absolute Gasteiger partial charge is 0.463 e. The SMILES string of the molecule is CC1(C)COC(=O)C1NC(=O)CCN1C(=O)CCc2cc(F)ccc21. The normalized spacial score (nSPS) is 21.7. The predicted molar refractivity (Wildman–Crippen MR) is 88.4 cm³/mol. The van der Waals surface area contributed by atoms with Crippen molar-refractivity contribution in [1.82, 2.24) is 5.32 Å². The van der Waals surface area contributed by atoms with Crippen molar-refractivity contribution < 1.29 is 23.5 Å². The highest BCUT2D eigenvalue weighted by Gasteiger charge is 2.44. The van der Waals surface area contributed by atoms with Gasteiger partial charge in [-0.05, 0) is 30.2 Å². The molecular weight excluding hydrogens is 327 g/mol. The maximum absolute atomic E-state index is 13.4. The molecule has 0 radical (unpaired) electrons. The lowest BCUT2D eigenvalue weighted by Gasteiger charge is -2.29. The molecule has 0 aliphatic carbocycles. The second-order valence-electron chi connectivity index (χ2n) is 7.17. The third kappa shape index (κ3) is 3.50. The number of hydrogen-bond donors (Lipinski definition) is 1. The number of aryl methyl sites for hydroxylation is 1. The molecule has 7 heteroatoms. The molecule has 0 saturated carbocycles. The molecule has 2 heterocycles. The van der Waals surface area contributed by atoms with Gasteiger partial charge in [0.05, 0.1) is 6.61 Å². The van der Waals surface area contributed by atoms with Crippen LogP contribution >= 0.6 is 0 Å². The number of hydrogen-bond acceptors (Lipinski definition) is 4. The van der Waals surface area contributed by atoms with Crippen LogP contribution in [0.1, 0.15) is 32.3 Å². The maximum atomic E-state index is 13.4. The van der Waals surface area contributed by atoms with Gasteiger partial charge in [0.15, 0.2) is 0 Å². The Morgan fingerprint density at radius 2 is 2.12 bits per heavy atom. The van der Waals surface area contributed by atoms with Crippen LogP contribution in [0, 0.1) is 11.2 Å². The average Bonchev–Trinajstić information content (AvgIpc) is 2.81. The average molecular weight is 348 g/mol. The van der Waals surface area contributed by atoms with Gasteiger partial charge in [0.25, 0.3) is 0 Å². The van der Waals surface area contributed by atoms with Crippen LogP contribution in [-0.2, 0) is 25.5 Å². The molecule has 2 aliphatic rings. The molecule has 134 valence electrons. The number of ether oxygens (including phenoxy) is 1. The number of fused-ring (bicyclic) bond motifs is 1. The summed E-state index contributed by atoms with van der Waals surface area (Å²) in [4.78, 5) is 37.7. The van der Waals surface area contributed by atoms with E-state index >= 15 is 0 Å². The second kappa shape index (κ2) is 6.46. The van der Waals surface area contributed by atoms with Crippen LogP contribution in [0.3, 0.4) is 0 Å². The summed E-state index contributed by atoms with van der Waals surface area (Å²) in [6.45, 7) is 4.15. The van der Waals surface area contributed by atoms with E-state index in [1.54, 1.807) is 6.07 Å². The minimum absolute atomic E-state index is 0.0580. The number of anilines is 1. The molecule has 1 saturated heterocycles. The van der Waals surface area contributed by atoms with Crippen LogP contribution in [0.25, 0.3) is 0 Å². The zero-order valence-corrected chi connectivity index (χ0v) is 14.3. The van der Waals surface area contributed by atoms with Gasteiger partial charge in [0, 0.05) is 30.5 Å². The van der Waals surface area contributed by atoms with Gasteiger partial charge in [-0.1, -0.05) is 13.8 Å². The molecule has 2 aliphatic heterocycles. The van der Waals surface area contributed by atoms with Crippen LogP contribution in [0.5, 0.6) is 0 Å². The van der Waals surface area contributed by atoms with Crippen LogP contribution in [0.4, 0.5) is 10.1 Å². The lowest BCUT2D eigenvalue weighted by atomic mass is 9.87. The van der Waals surface area contributed by atoms with E-state index in [4.69, 9.17) is 4.74 Å². The summed E-state index contributed by atoms with van der Waals surface area (Å²) in [7, 11) is 0. The van der Waals surface area contributed by atoms with Gasteiger partial charge >= 0.3 is 5.97 Å². The molecule has 1 fully saturated rings. The van der Waals surface area contributed by atoms with Crippen LogP contribution in [0.15, 0.2) is 18.2 Å². The Kier molecular flexibility index (Phi) is 4.49. The standard InChI is InChI=1S/C18H21FN2O4/c1-18(2)10-25-17(24)16(18)20-14(22)7-8-21-13-5-4-12(19)9-11(13)3-6-15(21)23/h4-5,9,16H,3,6-8,10H2,1-2H3,(H,20,22). The monoisotopic (exact) mass is 348 g/mol. The molecule has 25 heavy (non-hydrogen) atoms. The Morgan fingerprint density at radius 1 is 1.36 bits per heavy atom. The number of amides is 2. The van der Waals surface area contributed by atoms with Gasteiger partial charge in [-0.15, -0.1) is 0 Å². The smallest absolute Gasteiger partial charge is 0.329 e. The van der Waals surface area contributed by atoms with Gasteiger partial charge < -0.3 is 15.0 Å². The summed E-state index contributed by atoms with van der Waals surface area (Å²) in [5.41, 5.74) is 0.948. The van der Waals surface area contributed by atoms with Gasteiger partial charge in [-0.2, -0.15) is 0 Å². The van der Waals surface area contributed by atoms with Crippen molar-refractivity contribution in [1.29, 1.82) is 0 Å². The topological polar surface area (TPSA) is 75.7 Å². The molecule has 0 bridgehead atoms. The van der Waals surface area contributed by atoms with E-state index in [0.717, 1.165) is 5.56 Å². The van der Waals surface area contributed by atoms with Crippen molar-refractivity contribution >= 4 is 23.5 Å². The Labute approximate surface area is 145 Å². The minimum atomic E-state index is -0.682. The molecular formula is C18H21FN2O4. The lowest BCUT2D eigenvalue weighted by Crippen LogP contribution is -2.47. The number of carbonyl (C=O) groups excluding carboxylic acids is 3. The molecule has 1 unspecified atom stereocenters. The summed E-state index contributed by atoms with van der Waals surface area (Å²) in [6.07, 6.45) is 0.846. The van der Waals surface area contributed by atoms with E-state index in [1.807, 2.05) is 13.8 Å². The molecule has 0 spiro atoms. The fourth-order valence-electron chi connectivity index (χ4n) is 3.22. The lowest BCUT2D eigenvalue weighted by molar-refractivity contribution is -0.141. The highest BCUT2D eigenvalue weighted by Crippen LogP contribution is 2.30. The summed E-state index contributed by atoms with van der Waals surface area (Å²) in [5, 5.41) is 2.69. The molecule has 0 aromatic heterocycles. The molecule has 1 aromatic carbocycles. The van der Waals surface area contributed by atoms with Crippen LogP contribution in [0.2, 0.25) is 0 Å². The first-order chi connectivity index (χ1) is 11.8. The van der Waals surface area contributed by atoms with Crippen molar-refractivity contribution in [2.75, 3.05) is 18.1 Å². The number of cyclic esters (lactones) is 1.